The molecule has 19 heavy (non-hydrogen) atoms. The van der Waals surface area contributed by atoms with Gasteiger partial charge in [-0.1, -0.05) is 44.2 Å². The molecule has 2 heteroatoms. The summed E-state index contributed by atoms with van der Waals surface area (Å²) in [6, 6.07) is 18.6. The van der Waals surface area contributed by atoms with Crippen LogP contribution in [-0.2, 0) is 0 Å². The zero-order valence-corrected chi connectivity index (χ0v) is 11.6. The van der Waals surface area contributed by atoms with Crippen LogP contribution in [0.25, 0.3) is 0 Å². The fourth-order valence-corrected chi connectivity index (χ4v) is 2.16. The van der Waals surface area contributed by atoms with Crippen molar-refractivity contribution < 1.29 is 4.74 Å². The molecule has 2 aromatic carbocycles. The number of benzene rings is 2. The summed E-state index contributed by atoms with van der Waals surface area (Å²) >= 11 is 0. The van der Waals surface area contributed by atoms with Gasteiger partial charge in [-0.2, -0.15) is 0 Å². The Morgan fingerprint density at radius 3 is 2.37 bits per heavy atom. The van der Waals surface area contributed by atoms with Crippen LogP contribution in [0.4, 0.5) is 0 Å². The van der Waals surface area contributed by atoms with Crippen LogP contribution in [0.3, 0.4) is 0 Å². The van der Waals surface area contributed by atoms with Crippen LogP contribution in [0.5, 0.6) is 11.5 Å². The van der Waals surface area contributed by atoms with Crippen LogP contribution in [0.1, 0.15) is 31.9 Å². The predicted molar refractivity (Wildman–Crippen MR) is 79.7 cm³/mol. The quantitative estimate of drug-likeness (QED) is 0.818. The van der Waals surface area contributed by atoms with Crippen molar-refractivity contribution in [3.63, 3.8) is 0 Å². The molecule has 2 aromatic rings. The standard InChI is InChI=1S/C17H21NO/c1-3-17(18-4-2)14-9-8-12-16(13-14)19-15-10-6-5-7-11-15/h5-13,17-18H,3-4H2,1-2H3. The van der Waals surface area contributed by atoms with Gasteiger partial charge in [-0.3, -0.25) is 0 Å². The first-order chi connectivity index (χ1) is 9.33. The molecule has 2 rings (SSSR count). The smallest absolute Gasteiger partial charge is 0.127 e. The van der Waals surface area contributed by atoms with E-state index >= 15 is 0 Å². The van der Waals surface area contributed by atoms with E-state index in [9.17, 15) is 0 Å². The lowest BCUT2D eigenvalue weighted by molar-refractivity contribution is 0.477. The molecule has 100 valence electrons. The second kappa shape index (κ2) is 6.95. The maximum absolute atomic E-state index is 5.86. The molecule has 0 aliphatic carbocycles. The molecule has 0 aliphatic heterocycles. The van der Waals surface area contributed by atoms with E-state index in [0.717, 1.165) is 24.5 Å². The van der Waals surface area contributed by atoms with E-state index in [0.29, 0.717) is 6.04 Å². The molecule has 0 saturated heterocycles. The van der Waals surface area contributed by atoms with Crippen molar-refractivity contribution in [3.8, 4) is 11.5 Å². The highest BCUT2D eigenvalue weighted by Gasteiger charge is 2.08. The number of rotatable bonds is 6. The molecule has 0 saturated carbocycles. The van der Waals surface area contributed by atoms with E-state index in [1.54, 1.807) is 0 Å². The second-order valence-corrected chi connectivity index (χ2v) is 4.51. The fraction of sp³-hybridized carbons (Fsp3) is 0.294. The molecule has 0 spiro atoms. The lowest BCUT2D eigenvalue weighted by Crippen LogP contribution is -2.19. The molecule has 0 fully saturated rings. The molecule has 2 nitrogen and oxygen atoms in total. The minimum atomic E-state index is 0.393. The molecule has 1 atom stereocenters. The third kappa shape index (κ3) is 3.83. The summed E-state index contributed by atoms with van der Waals surface area (Å²) in [7, 11) is 0. The molecule has 1 unspecified atom stereocenters. The van der Waals surface area contributed by atoms with Crippen molar-refractivity contribution in [2.45, 2.75) is 26.3 Å². The van der Waals surface area contributed by atoms with Crippen LogP contribution in [0.2, 0.25) is 0 Å². The zero-order valence-electron chi connectivity index (χ0n) is 11.6. The molecule has 1 N–H and O–H groups in total. The number of nitrogens with one attached hydrogen (secondary N) is 1. The zero-order chi connectivity index (χ0) is 13.5. The van der Waals surface area contributed by atoms with Crippen LogP contribution in [0.15, 0.2) is 54.6 Å². The van der Waals surface area contributed by atoms with Gasteiger partial charge in [0.25, 0.3) is 0 Å². The number of hydrogen-bond acceptors (Lipinski definition) is 2. The Balaban J connectivity index is 2.15. The van der Waals surface area contributed by atoms with Gasteiger partial charge < -0.3 is 10.1 Å². The Morgan fingerprint density at radius 2 is 1.68 bits per heavy atom. The van der Waals surface area contributed by atoms with Crippen molar-refractivity contribution in [3.05, 3.63) is 60.2 Å². The fourth-order valence-electron chi connectivity index (χ4n) is 2.16. The summed E-state index contributed by atoms with van der Waals surface area (Å²) in [5.74, 6) is 1.76. The van der Waals surface area contributed by atoms with Crippen LogP contribution >= 0.6 is 0 Å². The lowest BCUT2D eigenvalue weighted by atomic mass is 10.0. The average Bonchev–Trinajstić information content (AvgIpc) is 2.46. The van der Waals surface area contributed by atoms with Crippen molar-refractivity contribution in [1.82, 2.24) is 5.32 Å². The first-order valence-electron chi connectivity index (χ1n) is 6.89. The SMILES string of the molecule is CCNC(CC)c1cccc(Oc2ccccc2)c1. The van der Waals surface area contributed by atoms with Gasteiger partial charge in [0.05, 0.1) is 0 Å². The summed E-state index contributed by atoms with van der Waals surface area (Å²) in [6.07, 6.45) is 1.07. The van der Waals surface area contributed by atoms with E-state index in [-0.39, 0.29) is 0 Å². The summed E-state index contributed by atoms with van der Waals surface area (Å²) in [5.41, 5.74) is 1.28. The van der Waals surface area contributed by atoms with Gasteiger partial charge in [-0.25, -0.2) is 0 Å². The third-order valence-electron chi connectivity index (χ3n) is 3.10. The van der Waals surface area contributed by atoms with Crippen LogP contribution in [-0.4, -0.2) is 6.54 Å². The topological polar surface area (TPSA) is 21.3 Å². The molecule has 0 heterocycles. The third-order valence-corrected chi connectivity index (χ3v) is 3.10. The van der Waals surface area contributed by atoms with E-state index in [4.69, 9.17) is 4.74 Å². The molecular formula is C17H21NO. The number of ether oxygens (including phenoxy) is 1. The summed E-state index contributed by atoms with van der Waals surface area (Å²) in [6.45, 7) is 5.30. The minimum Gasteiger partial charge on any atom is -0.457 e. The predicted octanol–water partition coefficient (Wildman–Crippen LogP) is 4.54. The highest BCUT2D eigenvalue weighted by molar-refractivity contribution is 5.35. The van der Waals surface area contributed by atoms with E-state index in [2.05, 4.69) is 31.3 Å². The average molecular weight is 255 g/mol. The van der Waals surface area contributed by atoms with Gasteiger partial charge in [-0.05, 0) is 42.8 Å². The molecule has 0 bridgehead atoms. The molecule has 0 aromatic heterocycles. The lowest BCUT2D eigenvalue weighted by Gasteiger charge is -2.17. The molecule has 0 amide bonds. The Bertz CT molecular complexity index is 496. The summed E-state index contributed by atoms with van der Waals surface area (Å²) in [4.78, 5) is 0. The Labute approximate surface area is 115 Å². The Morgan fingerprint density at radius 1 is 0.947 bits per heavy atom. The second-order valence-electron chi connectivity index (χ2n) is 4.51. The van der Waals surface area contributed by atoms with Crippen molar-refractivity contribution in [2.75, 3.05) is 6.54 Å². The summed E-state index contributed by atoms with van der Waals surface area (Å²) < 4.78 is 5.86. The normalized spacial score (nSPS) is 12.1. The monoisotopic (exact) mass is 255 g/mol. The number of hydrogen-bond donors (Lipinski definition) is 1. The van der Waals surface area contributed by atoms with Gasteiger partial charge in [0.2, 0.25) is 0 Å². The molecule has 0 radical (unpaired) electrons. The largest absolute Gasteiger partial charge is 0.457 e. The Kier molecular flexibility index (Phi) is 4.99. The highest BCUT2D eigenvalue weighted by atomic mass is 16.5. The minimum absolute atomic E-state index is 0.393. The van der Waals surface area contributed by atoms with E-state index in [1.807, 2.05) is 42.5 Å². The van der Waals surface area contributed by atoms with Crippen LogP contribution < -0.4 is 10.1 Å². The summed E-state index contributed by atoms with van der Waals surface area (Å²) in [5, 5.41) is 3.48. The van der Waals surface area contributed by atoms with Crippen molar-refractivity contribution >= 4 is 0 Å². The first kappa shape index (κ1) is 13.6. The van der Waals surface area contributed by atoms with Gasteiger partial charge in [-0.15, -0.1) is 0 Å². The van der Waals surface area contributed by atoms with E-state index < -0.39 is 0 Å². The Hall–Kier alpha value is -1.80. The van der Waals surface area contributed by atoms with Crippen molar-refractivity contribution in [1.29, 1.82) is 0 Å². The van der Waals surface area contributed by atoms with Gasteiger partial charge >= 0.3 is 0 Å². The first-order valence-corrected chi connectivity index (χ1v) is 6.89. The maximum Gasteiger partial charge on any atom is 0.127 e. The number of para-hydroxylation sites is 1. The van der Waals surface area contributed by atoms with Gasteiger partial charge in [0, 0.05) is 6.04 Å². The van der Waals surface area contributed by atoms with Crippen LogP contribution in [0, 0.1) is 0 Å². The van der Waals surface area contributed by atoms with E-state index in [1.165, 1.54) is 5.56 Å². The molecular weight excluding hydrogens is 234 g/mol. The maximum atomic E-state index is 5.86. The van der Waals surface area contributed by atoms with Gasteiger partial charge in [0.15, 0.2) is 0 Å². The highest BCUT2D eigenvalue weighted by Crippen LogP contribution is 2.25. The van der Waals surface area contributed by atoms with Gasteiger partial charge in [0.1, 0.15) is 11.5 Å². The molecule has 0 aliphatic rings. The van der Waals surface area contributed by atoms with Crippen molar-refractivity contribution in [2.24, 2.45) is 0 Å².